The van der Waals surface area contributed by atoms with Gasteiger partial charge in [0.2, 0.25) is 0 Å². The zero-order valence-corrected chi connectivity index (χ0v) is 8.79. The molecule has 0 unspecified atom stereocenters. The Labute approximate surface area is 92.8 Å². The summed E-state index contributed by atoms with van der Waals surface area (Å²) in [5.41, 5.74) is 2.21. The van der Waals surface area contributed by atoms with E-state index in [1.807, 2.05) is 6.07 Å². The fourth-order valence-corrected chi connectivity index (χ4v) is 1.32. The molecule has 0 spiro atoms. The molecule has 0 aromatic carbocycles. The lowest BCUT2D eigenvalue weighted by Crippen LogP contribution is -1.92. The largest absolute Gasteiger partial charge is 0.495 e. The standard InChI is InChI=1S/C11H11N3O2/c1-16-10-3-11(14-13-6-10)9-2-8(7-15)4-12-5-9/h2-6,15H,7H2,1H3. The van der Waals surface area contributed by atoms with Crippen LogP contribution in [-0.2, 0) is 6.61 Å². The Morgan fingerprint density at radius 1 is 1.25 bits per heavy atom. The van der Waals surface area contributed by atoms with Crippen molar-refractivity contribution in [1.29, 1.82) is 0 Å². The fraction of sp³-hybridized carbons (Fsp3) is 0.182. The van der Waals surface area contributed by atoms with E-state index in [1.54, 1.807) is 25.6 Å². The molecule has 82 valence electrons. The number of pyridine rings is 1. The monoisotopic (exact) mass is 217 g/mol. The van der Waals surface area contributed by atoms with E-state index in [4.69, 9.17) is 9.84 Å². The third-order valence-electron chi connectivity index (χ3n) is 2.14. The highest BCUT2D eigenvalue weighted by molar-refractivity contribution is 5.59. The van der Waals surface area contributed by atoms with Gasteiger partial charge in [-0.3, -0.25) is 4.98 Å². The lowest BCUT2D eigenvalue weighted by atomic mass is 10.1. The van der Waals surface area contributed by atoms with Crippen molar-refractivity contribution in [3.63, 3.8) is 0 Å². The average molecular weight is 217 g/mol. The number of methoxy groups -OCH3 is 1. The molecule has 2 aromatic rings. The van der Waals surface area contributed by atoms with Crippen molar-refractivity contribution in [2.75, 3.05) is 7.11 Å². The van der Waals surface area contributed by atoms with Gasteiger partial charge in [0, 0.05) is 24.0 Å². The lowest BCUT2D eigenvalue weighted by molar-refractivity contribution is 0.281. The van der Waals surface area contributed by atoms with Gasteiger partial charge in [-0.15, -0.1) is 0 Å². The second-order valence-corrected chi connectivity index (χ2v) is 3.22. The van der Waals surface area contributed by atoms with Crippen LogP contribution in [0.15, 0.2) is 30.7 Å². The van der Waals surface area contributed by atoms with Crippen LogP contribution in [0, 0.1) is 0 Å². The third-order valence-corrected chi connectivity index (χ3v) is 2.14. The quantitative estimate of drug-likeness (QED) is 0.831. The molecule has 0 aliphatic heterocycles. The van der Waals surface area contributed by atoms with Crippen molar-refractivity contribution >= 4 is 0 Å². The van der Waals surface area contributed by atoms with E-state index in [0.29, 0.717) is 11.4 Å². The minimum atomic E-state index is -0.0434. The van der Waals surface area contributed by atoms with Gasteiger partial charge in [-0.1, -0.05) is 0 Å². The van der Waals surface area contributed by atoms with Gasteiger partial charge in [-0.05, 0) is 11.6 Å². The van der Waals surface area contributed by atoms with Gasteiger partial charge in [-0.2, -0.15) is 10.2 Å². The number of ether oxygens (including phenoxy) is 1. The number of aliphatic hydroxyl groups is 1. The number of rotatable bonds is 3. The van der Waals surface area contributed by atoms with Crippen molar-refractivity contribution in [2.45, 2.75) is 6.61 Å². The first kappa shape index (κ1) is 10.5. The molecule has 2 rings (SSSR count). The van der Waals surface area contributed by atoms with E-state index in [1.165, 1.54) is 6.20 Å². The molecular formula is C11H11N3O2. The first-order valence-electron chi connectivity index (χ1n) is 4.75. The number of aliphatic hydroxyl groups excluding tert-OH is 1. The normalized spacial score (nSPS) is 10.1. The Balaban J connectivity index is 2.41. The number of hydrogen-bond donors (Lipinski definition) is 1. The van der Waals surface area contributed by atoms with Crippen LogP contribution in [0.4, 0.5) is 0 Å². The molecule has 2 heterocycles. The molecule has 0 atom stereocenters. The molecule has 5 heteroatoms. The highest BCUT2D eigenvalue weighted by Gasteiger charge is 2.03. The highest BCUT2D eigenvalue weighted by Crippen LogP contribution is 2.20. The van der Waals surface area contributed by atoms with Gasteiger partial charge in [0.1, 0.15) is 5.75 Å². The van der Waals surface area contributed by atoms with Crippen LogP contribution >= 0.6 is 0 Å². The zero-order chi connectivity index (χ0) is 11.4. The Bertz CT molecular complexity index is 443. The van der Waals surface area contributed by atoms with Crippen LogP contribution in [0.3, 0.4) is 0 Å². The third kappa shape index (κ3) is 2.14. The van der Waals surface area contributed by atoms with Gasteiger partial charge >= 0.3 is 0 Å². The second kappa shape index (κ2) is 4.67. The molecule has 5 nitrogen and oxygen atoms in total. The molecule has 0 amide bonds. The summed E-state index contributed by atoms with van der Waals surface area (Å²) in [6, 6.07) is 3.58. The predicted molar refractivity (Wildman–Crippen MR) is 57.7 cm³/mol. The molecule has 0 aliphatic rings. The van der Waals surface area contributed by atoms with Crippen molar-refractivity contribution in [2.24, 2.45) is 0 Å². The summed E-state index contributed by atoms with van der Waals surface area (Å²) in [6.45, 7) is -0.0434. The molecule has 0 saturated carbocycles. The van der Waals surface area contributed by atoms with Gasteiger partial charge in [-0.25, -0.2) is 0 Å². The smallest absolute Gasteiger partial charge is 0.141 e. The summed E-state index contributed by atoms with van der Waals surface area (Å²) in [6.07, 6.45) is 4.81. The second-order valence-electron chi connectivity index (χ2n) is 3.22. The van der Waals surface area contributed by atoms with E-state index in [0.717, 1.165) is 11.1 Å². The van der Waals surface area contributed by atoms with Crippen molar-refractivity contribution < 1.29 is 9.84 Å². The summed E-state index contributed by atoms with van der Waals surface area (Å²) in [5.74, 6) is 0.638. The van der Waals surface area contributed by atoms with Crippen LogP contribution in [0.25, 0.3) is 11.3 Å². The maximum atomic E-state index is 9.01. The molecule has 2 aromatic heterocycles. The molecular weight excluding hydrogens is 206 g/mol. The maximum Gasteiger partial charge on any atom is 0.141 e. The van der Waals surface area contributed by atoms with E-state index < -0.39 is 0 Å². The van der Waals surface area contributed by atoms with Crippen LogP contribution < -0.4 is 4.74 Å². The van der Waals surface area contributed by atoms with Gasteiger partial charge < -0.3 is 9.84 Å². The van der Waals surface area contributed by atoms with Gasteiger partial charge in [0.15, 0.2) is 0 Å². The van der Waals surface area contributed by atoms with Gasteiger partial charge in [0.25, 0.3) is 0 Å². The highest BCUT2D eigenvalue weighted by atomic mass is 16.5. The lowest BCUT2D eigenvalue weighted by Gasteiger charge is -2.03. The molecule has 0 fully saturated rings. The summed E-state index contributed by atoms with van der Waals surface area (Å²) < 4.78 is 5.06. The van der Waals surface area contributed by atoms with Crippen molar-refractivity contribution in [3.8, 4) is 17.0 Å². The first-order valence-corrected chi connectivity index (χ1v) is 4.75. The molecule has 0 saturated heterocycles. The van der Waals surface area contributed by atoms with Crippen LogP contribution in [-0.4, -0.2) is 27.4 Å². The van der Waals surface area contributed by atoms with E-state index >= 15 is 0 Å². The number of nitrogens with zero attached hydrogens (tertiary/aromatic N) is 3. The molecule has 0 aliphatic carbocycles. The average Bonchev–Trinajstić information content (AvgIpc) is 2.39. The minimum absolute atomic E-state index is 0.0434. The summed E-state index contributed by atoms with van der Waals surface area (Å²) in [7, 11) is 1.57. The van der Waals surface area contributed by atoms with Crippen molar-refractivity contribution in [3.05, 3.63) is 36.3 Å². The fourth-order valence-electron chi connectivity index (χ4n) is 1.32. The van der Waals surface area contributed by atoms with Gasteiger partial charge in [0.05, 0.1) is 25.6 Å². The molecule has 1 N–H and O–H groups in total. The SMILES string of the molecule is COc1cnnc(-c2cncc(CO)c2)c1. The number of aromatic nitrogens is 3. The van der Waals surface area contributed by atoms with E-state index in [9.17, 15) is 0 Å². The van der Waals surface area contributed by atoms with E-state index in [-0.39, 0.29) is 6.61 Å². The summed E-state index contributed by atoms with van der Waals surface area (Å²) in [5, 5.41) is 16.8. The minimum Gasteiger partial charge on any atom is -0.495 e. The first-order chi connectivity index (χ1) is 7.83. The van der Waals surface area contributed by atoms with Crippen LogP contribution in [0.1, 0.15) is 5.56 Å². The summed E-state index contributed by atoms with van der Waals surface area (Å²) >= 11 is 0. The molecule has 0 bridgehead atoms. The summed E-state index contributed by atoms with van der Waals surface area (Å²) in [4.78, 5) is 4.02. The Morgan fingerprint density at radius 2 is 2.12 bits per heavy atom. The topological polar surface area (TPSA) is 68.1 Å². The number of hydrogen-bond acceptors (Lipinski definition) is 5. The Kier molecular flexibility index (Phi) is 3.07. The Morgan fingerprint density at radius 3 is 2.88 bits per heavy atom. The Hall–Kier alpha value is -2.01. The van der Waals surface area contributed by atoms with Crippen LogP contribution in [0.2, 0.25) is 0 Å². The van der Waals surface area contributed by atoms with Crippen molar-refractivity contribution in [1.82, 2.24) is 15.2 Å². The maximum absolute atomic E-state index is 9.01. The molecule has 16 heavy (non-hydrogen) atoms. The predicted octanol–water partition coefficient (Wildman–Crippen LogP) is 1.04. The van der Waals surface area contributed by atoms with Crippen LogP contribution in [0.5, 0.6) is 5.75 Å². The zero-order valence-electron chi connectivity index (χ0n) is 8.79. The molecule has 0 radical (unpaired) electrons. The van der Waals surface area contributed by atoms with E-state index in [2.05, 4.69) is 15.2 Å².